The van der Waals surface area contributed by atoms with E-state index in [1.807, 2.05) is 0 Å². The Bertz CT molecular complexity index is 1240. The van der Waals surface area contributed by atoms with Crippen molar-refractivity contribution in [3.63, 3.8) is 0 Å². The van der Waals surface area contributed by atoms with Gasteiger partial charge in [0.25, 0.3) is 0 Å². The summed E-state index contributed by atoms with van der Waals surface area (Å²) >= 11 is 0. The normalized spacial score (nSPS) is 6.81. The van der Waals surface area contributed by atoms with Gasteiger partial charge in [0.15, 0.2) is 0 Å². The summed E-state index contributed by atoms with van der Waals surface area (Å²) in [4.78, 5) is 0. The van der Waals surface area contributed by atoms with Gasteiger partial charge in [0, 0.05) is 36.2 Å². The monoisotopic (exact) mass is 1630 g/mol. The Morgan fingerprint density at radius 1 is 0.186 bits per heavy atom. The number of halogens is 16. The van der Waals surface area contributed by atoms with Crippen LogP contribution in [0.4, 0.5) is 0 Å². The van der Waals surface area contributed by atoms with Crippen molar-refractivity contribution in [2.24, 2.45) is 0 Å². The fourth-order valence-electron chi connectivity index (χ4n) is 4.36. The number of hydrogen-bond acceptors (Lipinski definition) is 0. The molecule has 0 saturated carbocycles. The van der Waals surface area contributed by atoms with E-state index in [4.69, 9.17) is 0 Å². The summed E-state index contributed by atoms with van der Waals surface area (Å²) in [7, 11) is -0.892. The van der Waals surface area contributed by atoms with E-state index < -0.39 is 15.8 Å². The summed E-state index contributed by atoms with van der Waals surface area (Å²) in [5.41, 5.74) is 0. The van der Waals surface area contributed by atoms with E-state index in [1.54, 1.807) is 0 Å². The molecule has 0 aliphatic rings. The van der Waals surface area contributed by atoms with Crippen LogP contribution >= 0.6 is 15.8 Å². The molecule has 0 aromatic heterocycles. The standard InChI is InChI=1S/2C18H15P.3Ce.16ClH.Ge.V/c2*1-4-10-16(11-5-1)19(17-12-6-2-7-13-17)18-14-8-3-9-15-18;;;;;;;;;;;;;;;;;;;;;/h2*1-15H;;;;16*1H;;/q;;3*+4;;;;;;;;;;;;;;;;;;/p-16. The maximum absolute atomic E-state index is 2.23. The molecule has 0 amide bonds. The molecule has 0 N–H and O–H groups in total. The van der Waals surface area contributed by atoms with Crippen molar-refractivity contribution >= 4 is 65.3 Å². The summed E-state index contributed by atoms with van der Waals surface area (Å²) in [5, 5.41) is 8.39. The van der Waals surface area contributed by atoms with Gasteiger partial charge in [0.1, 0.15) is 0 Å². The zero-order valence-electron chi connectivity index (χ0n) is 29.7. The van der Waals surface area contributed by atoms with Crippen molar-refractivity contribution in [2.75, 3.05) is 0 Å². The van der Waals surface area contributed by atoms with Crippen LogP contribution in [0.15, 0.2) is 182 Å². The first-order valence-electron chi connectivity index (χ1n) is 12.8. The molecule has 0 unspecified atom stereocenters. The topological polar surface area (TPSA) is 0 Å². The molecule has 59 heavy (non-hydrogen) atoms. The molecule has 0 aliphatic heterocycles. The molecular weight excluding hydrogens is 1610 g/mol. The van der Waals surface area contributed by atoms with Crippen molar-refractivity contribution in [2.45, 2.75) is 0 Å². The molecule has 0 saturated heterocycles. The van der Waals surface area contributed by atoms with Crippen LogP contribution in [0.2, 0.25) is 0 Å². The molecule has 6 rings (SSSR count). The second-order valence-electron chi connectivity index (χ2n) is 8.68. The summed E-state index contributed by atoms with van der Waals surface area (Å²) < 4.78 is 0. The Kier molecular flexibility index (Phi) is 138. The third-order valence-corrected chi connectivity index (χ3v) is 11.0. The maximum atomic E-state index is 2.23. The average Bonchev–Trinajstić information content (AvgIpc) is 3.01. The largest absolute Gasteiger partial charge is 4.00 e. The zero-order chi connectivity index (χ0) is 25.8. The quantitative estimate of drug-likeness (QED) is 0.115. The van der Waals surface area contributed by atoms with Gasteiger partial charge in [-0.25, -0.2) is 0 Å². The van der Waals surface area contributed by atoms with Crippen molar-refractivity contribution in [3.8, 4) is 0 Å². The van der Waals surface area contributed by atoms with Crippen molar-refractivity contribution in [1.29, 1.82) is 0 Å². The molecule has 0 spiro atoms. The van der Waals surface area contributed by atoms with Gasteiger partial charge < -0.3 is 199 Å². The van der Waals surface area contributed by atoms with E-state index in [0.29, 0.717) is 0 Å². The van der Waals surface area contributed by atoms with Gasteiger partial charge in [0.2, 0.25) is 0 Å². The molecule has 0 bridgehead atoms. The number of hydrogen-bond donors (Lipinski definition) is 0. The molecule has 0 atom stereocenters. The van der Waals surface area contributed by atoms with Gasteiger partial charge in [-0.1, -0.05) is 182 Å². The first-order chi connectivity index (χ1) is 18.9. The molecule has 0 nitrogen and oxygen atoms in total. The van der Waals surface area contributed by atoms with Gasteiger partial charge in [-0.15, -0.1) is 0 Å². The third-order valence-electron chi connectivity index (χ3n) is 6.09. The molecule has 0 heterocycles. The first-order valence-corrected chi connectivity index (χ1v) is 15.5. The predicted octanol–water partition coefficient (Wildman–Crippen LogP) is -41.4. The van der Waals surface area contributed by atoms with E-state index in [-0.39, 0.29) is 360 Å². The summed E-state index contributed by atoms with van der Waals surface area (Å²) in [6.45, 7) is 0. The summed E-state index contributed by atoms with van der Waals surface area (Å²) in [6.07, 6.45) is 0. The molecule has 0 aliphatic carbocycles. The maximum Gasteiger partial charge on any atom is 4.00 e. The molecule has 6 aromatic carbocycles. The minimum atomic E-state index is -0.446. The third kappa shape index (κ3) is 40.5. The van der Waals surface area contributed by atoms with Crippen LogP contribution < -0.4 is 230 Å². The van der Waals surface area contributed by atoms with Crippen LogP contribution in [0.1, 0.15) is 0 Å². The van der Waals surface area contributed by atoms with Gasteiger partial charge in [-0.3, -0.25) is 0 Å². The Balaban J connectivity index is -0.0000000294. The minimum Gasteiger partial charge on any atom is -1.00 e. The smallest absolute Gasteiger partial charge is 1.00 e. The Hall–Kier alpha value is 6.08. The fourth-order valence-corrected chi connectivity index (χ4v) is 8.97. The minimum absolute atomic E-state index is 0. The number of rotatable bonds is 6. The van der Waals surface area contributed by atoms with Crippen LogP contribution in [0, 0.1) is 125 Å². The van der Waals surface area contributed by atoms with Crippen LogP contribution in [0.3, 0.4) is 0 Å². The average molecular weight is 1640 g/mol. The van der Waals surface area contributed by atoms with Crippen molar-refractivity contribution < 1.29 is 342 Å². The van der Waals surface area contributed by atoms with Gasteiger partial charge in [0.05, 0.1) is 0 Å². The molecule has 6 aromatic rings. The summed E-state index contributed by atoms with van der Waals surface area (Å²) in [6, 6.07) is 64.7. The molecule has 321 valence electrons. The van der Waals surface area contributed by atoms with Crippen LogP contribution in [0.25, 0.3) is 0 Å². The summed E-state index contributed by atoms with van der Waals surface area (Å²) in [5.74, 6) is 0. The van der Waals surface area contributed by atoms with Crippen LogP contribution in [-0.2, 0) is 18.6 Å². The first kappa shape index (κ1) is 116. The van der Waals surface area contributed by atoms with Crippen LogP contribution in [-0.4, -0.2) is 17.6 Å². The van der Waals surface area contributed by atoms with Crippen LogP contribution in [0.5, 0.6) is 0 Å². The Morgan fingerprint density at radius 3 is 0.356 bits per heavy atom. The second-order valence-corrected chi connectivity index (χ2v) is 13.1. The van der Waals surface area contributed by atoms with E-state index in [9.17, 15) is 0 Å². The van der Waals surface area contributed by atoms with Gasteiger partial charge >= 0.3 is 125 Å². The Morgan fingerprint density at radius 2 is 0.271 bits per heavy atom. The predicted molar refractivity (Wildman–Crippen MR) is 176 cm³/mol. The van der Waals surface area contributed by atoms with Crippen molar-refractivity contribution in [1.82, 2.24) is 0 Å². The fraction of sp³-hybridized carbons (Fsp3) is 0. The zero-order valence-corrected chi connectivity index (χ0v) is 56.5. The van der Waals surface area contributed by atoms with Gasteiger partial charge in [-0.05, 0) is 47.7 Å². The van der Waals surface area contributed by atoms with E-state index >= 15 is 0 Å². The Labute approximate surface area is 578 Å². The van der Waals surface area contributed by atoms with Gasteiger partial charge in [-0.2, -0.15) is 0 Å². The van der Waals surface area contributed by atoms with E-state index in [1.165, 1.54) is 31.8 Å². The number of benzene rings is 6. The molecular formula is C36H30Ce3Cl16GeP2V-4. The molecule has 0 fully saturated rings. The molecule has 5 radical (unpaired) electrons. The van der Waals surface area contributed by atoms with E-state index in [0.717, 1.165) is 0 Å². The SMILES string of the molecule is [Ce+4].[Ce+4].[Ce+4].[Cl-].[Cl-].[Cl-].[Cl-].[Cl-].[Cl-].[Cl-].[Cl-].[Cl-].[Cl-].[Cl-].[Cl-].[Cl-].[Cl-].[Cl-].[Cl-].[Ge].[V].c1ccc(P(c2ccccc2)c2ccccc2)cc1.c1ccc(P(c2ccccc2)c2ccccc2)cc1. The van der Waals surface area contributed by atoms with E-state index in [2.05, 4.69) is 182 Å². The van der Waals surface area contributed by atoms with Crippen molar-refractivity contribution in [3.05, 3.63) is 182 Å². The second kappa shape index (κ2) is 70.6. The molecule has 23 heteroatoms.